The largest absolute Gasteiger partial charge is 0.467 e. The van der Waals surface area contributed by atoms with Crippen LogP contribution in [-0.2, 0) is 38.1 Å². The lowest BCUT2D eigenvalue weighted by atomic mass is 9.92. The van der Waals surface area contributed by atoms with Gasteiger partial charge in [-0.2, -0.15) is 0 Å². The molecule has 9 nitrogen and oxygen atoms in total. The summed E-state index contributed by atoms with van der Waals surface area (Å²) in [5, 5.41) is 9.54. The number of aliphatic hydroxyl groups excluding tert-OH is 1. The predicted octanol–water partition coefficient (Wildman–Crippen LogP) is 2.48. The molecule has 9 heteroatoms. The number of unbranched alkanes of at least 4 members (excludes halogenated alkanes) is 4. The van der Waals surface area contributed by atoms with Gasteiger partial charge in [-0.25, -0.2) is 0 Å². The molecular formula is C22H36O9. The lowest BCUT2D eigenvalue weighted by molar-refractivity contribution is -0.157. The van der Waals surface area contributed by atoms with E-state index in [1.807, 2.05) is 0 Å². The molecule has 0 heterocycles. The van der Waals surface area contributed by atoms with Crippen LogP contribution < -0.4 is 0 Å². The van der Waals surface area contributed by atoms with Crippen molar-refractivity contribution < 1.29 is 43.2 Å². The van der Waals surface area contributed by atoms with Crippen LogP contribution in [0.4, 0.5) is 0 Å². The second-order valence-electron chi connectivity index (χ2n) is 7.29. The molecule has 0 saturated heterocycles. The molecule has 0 amide bonds. The summed E-state index contributed by atoms with van der Waals surface area (Å²) in [6, 6.07) is 0. The molecule has 0 atom stereocenters. The molecule has 0 unspecified atom stereocenters. The molecule has 0 saturated carbocycles. The highest BCUT2D eigenvalue weighted by molar-refractivity contribution is 5.70. The summed E-state index contributed by atoms with van der Waals surface area (Å²) in [5.41, 5.74) is -1.20. The van der Waals surface area contributed by atoms with E-state index < -0.39 is 18.0 Å². The molecule has 178 valence electrons. The molecule has 1 N–H and O–H groups in total. The highest BCUT2D eigenvalue weighted by Gasteiger charge is 2.34. The molecule has 0 aromatic carbocycles. The van der Waals surface area contributed by atoms with Crippen LogP contribution in [0.15, 0.2) is 12.2 Å². The third-order valence-corrected chi connectivity index (χ3v) is 4.48. The van der Waals surface area contributed by atoms with E-state index in [1.54, 1.807) is 0 Å². The van der Waals surface area contributed by atoms with Crippen molar-refractivity contribution in [2.24, 2.45) is 5.41 Å². The van der Waals surface area contributed by atoms with E-state index in [9.17, 15) is 24.3 Å². The monoisotopic (exact) mass is 444 g/mol. The standard InChI is InChI=1S/C22H36O9/c1-2-3-4-5-6-10-13-30-20(26)11-8-7-9-12-21(27)31-17-22(14-23,15-28-18-24)16-29-19-25/h3-4,18-19,23H,2,5-17H2,1H3/b4-3-. The maximum Gasteiger partial charge on any atom is 0.305 e. The maximum absolute atomic E-state index is 11.9. The van der Waals surface area contributed by atoms with E-state index in [0.29, 0.717) is 32.3 Å². The second-order valence-corrected chi connectivity index (χ2v) is 7.29. The number of ether oxygens (including phenoxy) is 4. The first-order chi connectivity index (χ1) is 15.0. The summed E-state index contributed by atoms with van der Waals surface area (Å²) in [6.07, 6.45) is 10.4. The van der Waals surface area contributed by atoms with Crippen molar-refractivity contribution in [3.8, 4) is 0 Å². The van der Waals surface area contributed by atoms with Crippen molar-refractivity contribution in [3.05, 3.63) is 12.2 Å². The Balaban J connectivity index is 3.92. The minimum atomic E-state index is -1.20. The third-order valence-electron chi connectivity index (χ3n) is 4.48. The van der Waals surface area contributed by atoms with Gasteiger partial charge in [-0.3, -0.25) is 19.2 Å². The van der Waals surface area contributed by atoms with E-state index in [4.69, 9.17) is 9.47 Å². The number of aliphatic hydroxyl groups is 1. The predicted molar refractivity (Wildman–Crippen MR) is 112 cm³/mol. The van der Waals surface area contributed by atoms with E-state index in [0.717, 1.165) is 25.7 Å². The van der Waals surface area contributed by atoms with Crippen molar-refractivity contribution in [2.75, 3.05) is 33.0 Å². The molecule has 0 radical (unpaired) electrons. The zero-order chi connectivity index (χ0) is 23.2. The smallest absolute Gasteiger partial charge is 0.305 e. The third kappa shape index (κ3) is 16.0. The Bertz CT molecular complexity index is 519. The SMILES string of the molecule is CC/C=C\CCCCOC(=O)CCCCCC(=O)OCC(CO)(COC=O)COC=O. The minimum Gasteiger partial charge on any atom is -0.467 e. The van der Waals surface area contributed by atoms with Crippen LogP contribution in [0.5, 0.6) is 0 Å². The average molecular weight is 445 g/mol. The van der Waals surface area contributed by atoms with Gasteiger partial charge in [-0.15, -0.1) is 0 Å². The van der Waals surface area contributed by atoms with Gasteiger partial charge >= 0.3 is 11.9 Å². The van der Waals surface area contributed by atoms with Gasteiger partial charge in [0.2, 0.25) is 0 Å². The quantitative estimate of drug-likeness (QED) is 0.0934. The van der Waals surface area contributed by atoms with Gasteiger partial charge in [0.1, 0.15) is 19.8 Å². The highest BCUT2D eigenvalue weighted by atomic mass is 16.6. The van der Waals surface area contributed by atoms with Crippen LogP contribution in [0.3, 0.4) is 0 Å². The fraction of sp³-hybridized carbons (Fsp3) is 0.727. The molecule has 0 rings (SSSR count). The molecule has 0 aromatic rings. The van der Waals surface area contributed by atoms with E-state index in [-0.39, 0.29) is 45.2 Å². The summed E-state index contributed by atoms with van der Waals surface area (Å²) in [7, 11) is 0. The van der Waals surface area contributed by atoms with E-state index in [1.165, 1.54) is 0 Å². The number of hydrogen-bond donors (Lipinski definition) is 1. The number of carbonyl (C=O) groups is 4. The van der Waals surface area contributed by atoms with Crippen LogP contribution in [0, 0.1) is 5.41 Å². The Morgan fingerprint density at radius 1 is 0.806 bits per heavy atom. The molecule has 0 spiro atoms. The fourth-order valence-electron chi connectivity index (χ4n) is 2.61. The Kier molecular flexibility index (Phi) is 18.0. The average Bonchev–Trinajstić information content (AvgIpc) is 2.78. The van der Waals surface area contributed by atoms with Crippen LogP contribution in [0.25, 0.3) is 0 Å². The summed E-state index contributed by atoms with van der Waals surface area (Å²) in [6.45, 7) is 1.64. The fourth-order valence-corrected chi connectivity index (χ4v) is 2.61. The molecule has 0 bridgehead atoms. The Labute approximate surface area is 184 Å². The summed E-state index contributed by atoms with van der Waals surface area (Å²) < 4.78 is 19.6. The topological polar surface area (TPSA) is 125 Å². The number of rotatable bonds is 21. The first-order valence-electron chi connectivity index (χ1n) is 10.7. The van der Waals surface area contributed by atoms with Crippen molar-refractivity contribution in [1.29, 1.82) is 0 Å². The van der Waals surface area contributed by atoms with Gasteiger partial charge in [0.25, 0.3) is 12.9 Å². The molecule has 0 aromatic heterocycles. The highest BCUT2D eigenvalue weighted by Crippen LogP contribution is 2.19. The van der Waals surface area contributed by atoms with Crippen molar-refractivity contribution in [1.82, 2.24) is 0 Å². The molecule has 0 fully saturated rings. The Morgan fingerprint density at radius 2 is 1.42 bits per heavy atom. The van der Waals surface area contributed by atoms with Crippen molar-refractivity contribution in [3.63, 3.8) is 0 Å². The first-order valence-corrected chi connectivity index (χ1v) is 10.7. The lowest BCUT2D eigenvalue weighted by Crippen LogP contribution is -2.41. The first kappa shape index (κ1) is 28.6. The zero-order valence-electron chi connectivity index (χ0n) is 18.4. The van der Waals surface area contributed by atoms with Gasteiger partial charge in [0, 0.05) is 12.8 Å². The van der Waals surface area contributed by atoms with Crippen LogP contribution in [0.1, 0.15) is 64.7 Å². The van der Waals surface area contributed by atoms with Crippen molar-refractivity contribution >= 4 is 24.9 Å². The summed E-state index contributed by atoms with van der Waals surface area (Å²) in [5.74, 6) is -0.723. The van der Waals surface area contributed by atoms with Gasteiger partial charge in [0.15, 0.2) is 0 Å². The summed E-state index contributed by atoms with van der Waals surface area (Å²) >= 11 is 0. The second kappa shape index (κ2) is 19.5. The van der Waals surface area contributed by atoms with E-state index >= 15 is 0 Å². The number of allylic oxidation sites excluding steroid dienone is 2. The summed E-state index contributed by atoms with van der Waals surface area (Å²) in [4.78, 5) is 44.4. The van der Waals surface area contributed by atoms with Crippen LogP contribution in [0.2, 0.25) is 0 Å². The molecule has 0 aliphatic rings. The Morgan fingerprint density at radius 3 is 1.97 bits per heavy atom. The van der Waals surface area contributed by atoms with Crippen molar-refractivity contribution in [2.45, 2.75) is 64.7 Å². The van der Waals surface area contributed by atoms with Gasteiger partial charge in [-0.05, 0) is 38.5 Å². The lowest BCUT2D eigenvalue weighted by Gasteiger charge is -2.28. The number of carbonyl (C=O) groups excluding carboxylic acids is 4. The maximum atomic E-state index is 11.9. The van der Waals surface area contributed by atoms with E-state index in [2.05, 4.69) is 28.5 Å². The molecule has 31 heavy (non-hydrogen) atoms. The molecule has 0 aliphatic heterocycles. The van der Waals surface area contributed by atoms with Crippen LogP contribution >= 0.6 is 0 Å². The normalized spacial score (nSPS) is 11.2. The molecular weight excluding hydrogens is 408 g/mol. The number of hydrogen-bond acceptors (Lipinski definition) is 9. The Hall–Kier alpha value is -2.42. The molecule has 0 aliphatic carbocycles. The minimum absolute atomic E-state index is 0.144. The van der Waals surface area contributed by atoms with Gasteiger partial charge < -0.3 is 24.1 Å². The number of esters is 2. The van der Waals surface area contributed by atoms with Gasteiger partial charge in [-0.1, -0.05) is 25.5 Å². The van der Waals surface area contributed by atoms with Gasteiger partial charge in [0.05, 0.1) is 18.6 Å². The van der Waals surface area contributed by atoms with Crippen LogP contribution in [-0.4, -0.2) is 63.0 Å². The zero-order valence-corrected chi connectivity index (χ0v) is 18.4.